The average molecular weight is 269 g/mol. The fourth-order valence-electron chi connectivity index (χ4n) is 1.74. The van der Waals surface area contributed by atoms with Crippen molar-refractivity contribution >= 4 is 0 Å². The zero-order chi connectivity index (χ0) is 14.3. The molecule has 0 radical (unpaired) electrons. The molecule has 0 spiro atoms. The predicted molar refractivity (Wildman–Crippen MR) is 75.0 cm³/mol. The minimum Gasteiger partial charge on any atom is -0.494 e. The molecule has 1 aromatic rings. The quantitative estimate of drug-likeness (QED) is 0.735. The number of halogens is 1. The van der Waals surface area contributed by atoms with Gasteiger partial charge in [0.15, 0.2) is 11.6 Å². The van der Waals surface area contributed by atoms with Crippen LogP contribution >= 0.6 is 0 Å². The monoisotopic (exact) mass is 269 g/mol. The van der Waals surface area contributed by atoms with Crippen LogP contribution in [0.4, 0.5) is 4.39 Å². The molecule has 0 saturated heterocycles. The Bertz CT molecular complexity index is 382. The first-order valence-electron chi connectivity index (χ1n) is 6.69. The van der Waals surface area contributed by atoms with Crippen molar-refractivity contribution in [3.63, 3.8) is 0 Å². The lowest BCUT2D eigenvalue weighted by molar-refractivity contribution is 0.110. The minimum absolute atomic E-state index is 0.0862. The Morgan fingerprint density at radius 3 is 2.58 bits per heavy atom. The Hall–Kier alpha value is -1.13. The van der Waals surface area contributed by atoms with Crippen molar-refractivity contribution in [2.45, 2.75) is 26.8 Å². The second kappa shape index (κ2) is 8.12. The highest BCUT2D eigenvalue weighted by Crippen LogP contribution is 2.21. The summed E-state index contributed by atoms with van der Waals surface area (Å²) in [5.41, 5.74) is 0.905. The third-order valence-corrected chi connectivity index (χ3v) is 2.82. The molecule has 0 aliphatic carbocycles. The van der Waals surface area contributed by atoms with E-state index < -0.39 is 0 Å². The summed E-state index contributed by atoms with van der Waals surface area (Å²) in [5, 5.41) is 3.30. The van der Waals surface area contributed by atoms with Crippen LogP contribution < -0.4 is 10.1 Å². The first-order valence-corrected chi connectivity index (χ1v) is 6.69. The highest BCUT2D eigenvalue weighted by Gasteiger charge is 2.08. The van der Waals surface area contributed by atoms with Crippen LogP contribution in [-0.4, -0.2) is 26.9 Å². The van der Waals surface area contributed by atoms with Gasteiger partial charge >= 0.3 is 0 Å². The summed E-state index contributed by atoms with van der Waals surface area (Å²) in [5.74, 6) is 0.494. The summed E-state index contributed by atoms with van der Waals surface area (Å²) in [4.78, 5) is 0. The standard InChI is InChI=1S/C15H24FNO2/c1-11(2)10-19-8-7-17-12(3)13-5-6-15(18-4)14(16)9-13/h5-6,9,11-12,17H,7-8,10H2,1-4H3. The molecule has 0 aromatic heterocycles. The summed E-state index contributed by atoms with van der Waals surface area (Å²) in [6.07, 6.45) is 0. The molecule has 0 fully saturated rings. The van der Waals surface area contributed by atoms with Gasteiger partial charge in [0.05, 0.1) is 13.7 Å². The second-order valence-corrected chi connectivity index (χ2v) is 5.04. The van der Waals surface area contributed by atoms with Gasteiger partial charge in [0.1, 0.15) is 0 Å². The second-order valence-electron chi connectivity index (χ2n) is 5.04. The molecule has 0 bridgehead atoms. The van der Waals surface area contributed by atoms with E-state index in [4.69, 9.17) is 9.47 Å². The van der Waals surface area contributed by atoms with Gasteiger partial charge < -0.3 is 14.8 Å². The third kappa shape index (κ3) is 5.57. The number of hydrogen-bond donors (Lipinski definition) is 1. The lowest BCUT2D eigenvalue weighted by Gasteiger charge is -2.15. The molecular formula is C15H24FNO2. The number of hydrogen-bond acceptors (Lipinski definition) is 3. The molecule has 1 unspecified atom stereocenters. The molecule has 0 heterocycles. The molecule has 0 aliphatic rings. The van der Waals surface area contributed by atoms with E-state index in [-0.39, 0.29) is 17.6 Å². The van der Waals surface area contributed by atoms with Crippen molar-refractivity contribution in [3.05, 3.63) is 29.6 Å². The number of rotatable bonds is 8. The Morgan fingerprint density at radius 1 is 1.26 bits per heavy atom. The molecule has 1 N–H and O–H groups in total. The van der Waals surface area contributed by atoms with Gasteiger partial charge in [-0.25, -0.2) is 4.39 Å². The van der Waals surface area contributed by atoms with Gasteiger partial charge in [0.25, 0.3) is 0 Å². The van der Waals surface area contributed by atoms with Gasteiger partial charge in [-0.15, -0.1) is 0 Å². The van der Waals surface area contributed by atoms with Gasteiger partial charge in [0, 0.05) is 19.2 Å². The van der Waals surface area contributed by atoms with Crippen molar-refractivity contribution in [3.8, 4) is 5.75 Å². The van der Waals surface area contributed by atoms with Gasteiger partial charge in [-0.05, 0) is 30.5 Å². The van der Waals surface area contributed by atoms with Crippen molar-refractivity contribution in [2.24, 2.45) is 5.92 Å². The molecule has 0 aliphatic heterocycles. The van der Waals surface area contributed by atoms with Crippen LogP contribution in [0.5, 0.6) is 5.75 Å². The molecule has 4 heteroatoms. The van der Waals surface area contributed by atoms with E-state index in [9.17, 15) is 4.39 Å². The van der Waals surface area contributed by atoms with Crippen LogP contribution in [0.25, 0.3) is 0 Å². The van der Waals surface area contributed by atoms with Crippen molar-refractivity contribution < 1.29 is 13.9 Å². The number of nitrogens with one attached hydrogen (secondary N) is 1. The topological polar surface area (TPSA) is 30.5 Å². The maximum absolute atomic E-state index is 13.6. The zero-order valence-corrected chi connectivity index (χ0v) is 12.2. The van der Waals surface area contributed by atoms with Gasteiger partial charge in [-0.1, -0.05) is 19.9 Å². The fourth-order valence-corrected chi connectivity index (χ4v) is 1.74. The number of ether oxygens (including phenoxy) is 2. The smallest absolute Gasteiger partial charge is 0.165 e. The van der Waals surface area contributed by atoms with Crippen molar-refractivity contribution in [2.75, 3.05) is 26.9 Å². The lowest BCUT2D eigenvalue weighted by Crippen LogP contribution is -2.24. The highest BCUT2D eigenvalue weighted by molar-refractivity contribution is 5.30. The van der Waals surface area contributed by atoms with Crippen LogP contribution in [0.1, 0.15) is 32.4 Å². The van der Waals surface area contributed by atoms with E-state index >= 15 is 0 Å². The molecule has 3 nitrogen and oxygen atoms in total. The summed E-state index contributed by atoms with van der Waals surface area (Å²) >= 11 is 0. The van der Waals surface area contributed by atoms with E-state index in [0.29, 0.717) is 12.5 Å². The maximum Gasteiger partial charge on any atom is 0.165 e. The van der Waals surface area contributed by atoms with E-state index in [1.807, 2.05) is 13.0 Å². The molecule has 19 heavy (non-hydrogen) atoms. The average Bonchev–Trinajstić information content (AvgIpc) is 2.37. The molecule has 0 saturated carbocycles. The molecule has 108 valence electrons. The number of benzene rings is 1. The minimum atomic E-state index is -0.329. The van der Waals surface area contributed by atoms with Crippen LogP contribution in [0.3, 0.4) is 0 Å². The fraction of sp³-hybridized carbons (Fsp3) is 0.600. The Kier molecular flexibility index (Phi) is 6.81. The first kappa shape index (κ1) is 15.9. The lowest BCUT2D eigenvalue weighted by atomic mass is 10.1. The van der Waals surface area contributed by atoms with Crippen LogP contribution in [0.2, 0.25) is 0 Å². The zero-order valence-electron chi connectivity index (χ0n) is 12.2. The molecular weight excluding hydrogens is 245 g/mol. The van der Waals surface area contributed by atoms with E-state index in [1.165, 1.54) is 13.2 Å². The third-order valence-electron chi connectivity index (χ3n) is 2.82. The van der Waals surface area contributed by atoms with Crippen molar-refractivity contribution in [1.82, 2.24) is 5.32 Å². The summed E-state index contributed by atoms with van der Waals surface area (Å²) in [6, 6.07) is 5.11. The Balaban J connectivity index is 2.37. The Labute approximate surface area is 115 Å². The van der Waals surface area contributed by atoms with Crippen LogP contribution in [0.15, 0.2) is 18.2 Å². The summed E-state index contributed by atoms with van der Waals surface area (Å²) in [7, 11) is 1.46. The van der Waals surface area contributed by atoms with Gasteiger partial charge in [-0.2, -0.15) is 0 Å². The summed E-state index contributed by atoms with van der Waals surface area (Å²) < 4.78 is 23.9. The van der Waals surface area contributed by atoms with E-state index in [0.717, 1.165) is 18.7 Å². The largest absolute Gasteiger partial charge is 0.494 e. The van der Waals surface area contributed by atoms with Crippen LogP contribution in [-0.2, 0) is 4.74 Å². The molecule has 1 atom stereocenters. The maximum atomic E-state index is 13.6. The van der Waals surface area contributed by atoms with Gasteiger partial charge in [-0.3, -0.25) is 0 Å². The van der Waals surface area contributed by atoms with Crippen LogP contribution in [0, 0.1) is 11.7 Å². The Morgan fingerprint density at radius 2 is 2.00 bits per heavy atom. The van der Waals surface area contributed by atoms with E-state index in [1.54, 1.807) is 6.07 Å². The molecule has 1 rings (SSSR count). The normalized spacial score (nSPS) is 12.7. The SMILES string of the molecule is COc1ccc(C(C)NCCOCC(C)C)cc1F. The van der Waals surface area contributed by atoms with Crippen molar-refractivity contribution in [1.29, 1.82) is 0 Å². The van der Waals surface area contributed by atoms with E-state index in [2.05, 4.69) is 19.2 Å². The first-order chi connectivity index (χ1) is 9.04. The highest BCUT2D eigenvalue weighted by atomic mass is 19.1. The number of methoxy groups -OCH3 is 1. The van der Waals surface area contributed by atoms with Gasteiger partial charge in [0.2, 0.25) is 0 Å². The molecule has 1 aromatic carbocycles. The molecule has 0 amide bonds. The summed E-state index contributed by atoms with van der Waals surface area (Å²) in [6.45, 7) is 8.44. The predicted octanol–water partition coefficient (Wildman–Crippen LogP) is 3.16.